The number of aromatic nitrogens is 3. The van der Waals surface area contributed by atoms with Crippen molar-refractivity contribution in [3.63, 3.8) is 0 Å². The molecule has 2 heterocycles. The fourth-order valence-electron chi connectivity index (χ4n) is 1.83. The molecule has 6 nitrogen and oxygen atoms in total. The van der Waals surface area contributed by atoms with Crippen molar-refractivity contribution in [2.75, 3.05) is 19.7 Å². The first kappa shape index (κ1) is 11.1. The van der Waals surface area contributed by atoms with Crippen LogP contribution in [0.4, 0.5) is 0 Å². The average molecular weight is 224 g/mol. The first-order valence-corrected chi connectivity index (χ1v) is 5.61. The van der Waals surface area contributed by atoms with Crippen LogP contribution in [0.3, 0.4) is 0 Å². The molecule has 0 aromatic carbocycles. The molecular weight excluding hydrogens is 208 g/mol. The van der Waals surface area contributed by atoms with Crippen LogP contribution in [-0.4, -0.2) is 40.8 Å². The average Bonchev–Trinajstić information content (AvgIpc) is 2.80. The minimum atomic E-state index is -0.464. The van der Waals surface area contributed by atoms with E-state index in [9.17, 15) is 4.79 Å². The van der Waals surface area contributed by atoms with Gasteiger partial charge in [0, 0.05) is 12.5 Å². The normalized spacial score (nSPS) is 20.7. The van der Waals surface area contributed by atoms with Crippen LogP contribution in [0.5, 0.6) is 0 Å². The quantitative estimate of drug-likeness (QED) is 0.729. The van der Waals surface area contributed by atoms with Crippen molar-refractivity contribution >= 4 is 5.97 Å². The van der Waals surface area contributed by atoms with Gasteiger partial charge in [-0.1, -0.05) is 0 Å². The van der Waals surface area contributed by atoms with Crippen molar-refractivity contribution in [1.29, 1.82) is 0 Å². The van der Waals surface area contributed by atoms with Crippen molar-refractivity contribution in [2.24, 2.45) is 0 Å². The van der Waals surface area contributed by atoms with Gasteiger partial charge >= 0.3 is 5.97 Å². The highest BCUT2D eigenvalue weighted by Crippen LogP contribution is 2.19. The Morgan fingerprint density at radius 2 is 2.50 bits per heavy atom. The third-order valence-electron chi connectivity index (χ3n) is 2.64. The lowest BCUT2D eigenvalue weighted by atomic mass is 9.99. The van der Waals surface area contributed by atoms with Gasteiger partial charge in [0.25, 0.3) is 5.82 Å². The summed E-state index contributed by atoms with van der Waals surface area (Å²) in [6.45, 7) is 4.04. The molecule has 0 spiro atoms. The monoisotopic (exact) mass is 224 g/mol. The predicted octanol–water partition coefficient (Wildman–Crippen LogP) is 0.448. The number of carbonyl (C=O) groups is 1. The molecule has 1 aromatic heterocycles. The second kappa shape index (κ2) is 5.07. The number of aromatic amines is 1. The lowest BCUT2D eigenvalue weighted by Crippen LogP contribution is -2.29. The standard InChI is InChI=1S/C10H16N4O2/c1-2-16-10(15)9-12-8(13-14-9)7-4-3-5-11-6-7/h7,11H,2-6H2,1H3,(H,12,13,14)/t7-/m1/s1. The largest absolute Gasteiger partial charge is 0.460 e. The first-order valence-electron chi connectivity index (χ1n) is 5.61. The number of H-pyrrole nitrogens is 1. The summed E-state index contributed by atoms with van der Waals surface area (Å²) in [5.74, 6) is 0.760. The van der Waals surface area contributed by atoms with Crippen LogP contribution in [0, 0.1) is 0 Å². The minimum absolute atomic E-state index is 0.127. The van der Waals surface area contributed by atoms with Gasteiger partial charge in [-0.05, 0) is 26.3 Å². The summed E-state index contributed by atoms with van der Waals surface area (Å²) in [5.41, 5.74) is 0. The zero-order valence-corrected chi connectivity index (χ0v) is 9.32. The fraction of sp³-hybridized carbons (Fsp3) is 0.700. The number of rotatable bonds is 3. The minimum Gasteiger partial charge on any atom is -0.460 e. The van der Waals surface area contributed by atoms with Gasteiger partial charge in [-0.2, -0.15) is 0 Å². The van der Waals surface area contributed by atoms with Gasteiger partial charge in [-0.15, -0.1) is 5.10 Å². The summed E-state index contributed by atoms with van der Waals surface area (Å²) in [7, 11) is 0. The molecule has 0 aliphatic carbocycles. The number of hydrogen-bond acceptors (Lipinski definition) is 5. The molecule has 6 heteroatoms. The Morgan fingerprint density at radius 1 is 1.62 bits per heavy atom. The molecule has 88 valence electrons. The summed E-state index contributed by atoms with van der Waals surface area (Å²) in [6, 6.07) is 0. The third kappa shape index (κ3) is 2.38. The van der Waals surface area contributed by atoms with E-state index < -0.39 is 5.97 Å². The molecule has 1 aliphatic rings. The molecule has 1 aliphatic heterocycles. The SMILES string of the molecule is CCOC(=O)c1n[nH]c([C@@H]2CCCNC2)n1. The molecule has 0 amide bonds. The van der Waals surface area contributed by atoms with Gasteiger partial charge < -0.3 is 10.1 Å². The van der Waals surface area contributed by atoms with Gasteiger partial charge in [0.05, 0.1) is 6.61 Å². The molecular formula is C10H16N4O2. The van der Waals surface area contributed by atoms with Crippen LogP contribution in [-0.2, 0) is 4.74 Å². The fourth-order valence-corrected chi connectivity index (χ4v) is 1.83. The van der Waals surface area contributed by atoms with E-state index in [1.807, 2.05) is 0 Å². The van der Waals surface area contributed by atoms with Gasteiger partial charge in [0.2, 0.25) is 0 Å². The van der Waals surface area contributed by atoms with Crippen LogP contribution in [0.15, 0.2) is 0 Å². The van der Waals surface area contributed by atoms with E-state index >= 15 is 0 Å². The Morgan fingerprint density at radius 3 is 3.19 bits per heavy atom. The zero-order chi connectivity index (χ0) is 11.4. The molecule has 1 saturated heterocycles. The molecule has 0 radical (unpaired) electrons. The third-order valence-corrected chi connectivity index (χ3v) is 2.64. The second-order valence-electron chi connectivity index (χ2n) is 3.81. The highest BCUT2D eigenvalue weighted by molar-refractivity contribution is 5.84. The van der Waals surface area contributed by atoms with Gasteiger partial charge in [0.1, 0.15) is 5.82 Å². The lowest BCUT2D eigenvalue weighted by Gasteiger charge is -2.19. The van der Waals surface area contributed by atoms with E-state index in [0.29, 0.717) is 12.5 Å². The summed E-state index contributed by atoms with van der Waals surface area (Å²) in [6.07, 6.45) is 2.20. The first-order chi connectivity index (χ1) is 7.81. The molecule has 1 fully saturated rings. The maximum Gasteiger partial charge on any atom is 0.378 e. The Labute approximate surface area is 93.8 Å². The van der Waals surface area contributed by atoms with Crippen molar-refractivity contribution in [3.05, 3.63) is 11.6 Å². The highest BCUT2D eigenvalue weighted by Gasteiger charge is 2.21. The van der Waals surface area contributed by atoms with Crippen LogP contribution in [0.25, 0.3) is 0 Å². The second-order valence-corrected chi connectivity index (χ2v) is 3.81. The number of carbonyl (C=O) groups excluding carboxylic acids is 1. The summed E-state index contributed by atoms with van der Waals surface area (Å²) in [4.78, 5) is 15.5. The number of ether oxygens (including phenoxy) is 1. The van der Waals surface area contributed by atoms with Crippen LogP contribution >= 0.6 is 0 Å². The van der Waals surface area contributed by atoms with Gasteiger partial charge in [-0.25, -0.2) is 9.78 Å². The molecule has 16 heavy (non-hydrogen) atoms. The topological polar surface area (TPSA) is 79.9 Å². The summed E-state index contributed by atoms with van der Waals surface area (Å²) >= 11 is 0. The number of nitrogens with one attached hydrogen (secondary N) is 2. The zero-order valence-electron chi connectivity index (χ0n) is 9.32. The van der Waals surface area contributed by atoms with Crippen molar-refractivity contribution in [3.8, 4) is 0 Å². The molecule has 2 N–H and O–H groups in total. The van der Waals surface area contributed by atoms with Crippen molar-refractivity contribution in [2.45, 2.75) is 25.7 Å². The summed E-state index contributed by atoms with van der Waals surface area (Å²) in [5, 5.41) is 9.98. The number of esters is 1. The number of hydrogen-bond donors (Lipinski definition) is 2. The van der Waals surface area contributed by atoms with E-state index in [4.69, 9.17) is 4.74 Å². The van der Waals surface area contributed by atoms with Crippen LogP contribution in [0.2, 0.25) is 0 Å². The Hall–Kier alpha value is -1.43. The summed E-state index contributed by atoms with van der Waals surface area (Å²) < 4.78 is 4.83. The van der Waals surface area contributed by atoms with E-state index in [-0.39, 0.29) is 5.82 Å². The van der Waals surface area contributed by atoms with Gasteiger partial charge in [-0.3, -0.25) is 5.10 Å². The number of piperidine rings is 1. The Bertz CT molecular complexity index is 357. The Kier molecular flexibility index (Phi) is 3.51. The Balaban J connectivity index is 2.03. The maximum atomic E-state index is 11.4. The molecule has 0 unspecified atom stereocenters. The van der Waals surface area contributed by atoms with Crippen LogP contribution in [0.1, 0.15) is 42.1 Å². The predicted molar refractivity (Wildman–Crippen MR) is 57.2 cm³/mol. The maximum absolute atomic E-state index is 11.4. The van der Waals surface area contributed by atoms with Gasteiger partial charge in [0.15, 0.2) is 0 Å². The lowest BCUT2D eigenvalue weighted by molar-refractivity contribution is 0.0512. The van der Waals surface area contributed by atoms with E-state index in [1.54, 1.807) is 6.92 Å². The van der Waals surface area contributed by atoms with Crippen molar-refractivity contribution < 1.29 is 9.53 Å². The van der Waals surface area contributed by atoms with Crippen LogP contribution < -0.4 is 5.32 Å². The van der Waals surface area contributed by atoms with E-state index in [0.717, 1.165) is 31.8 Å². The van der Waals surface area contributed by atoms with E-state index in [2.05, 4.69) is 20.5 Å². The van der Waals surface area contributed by atoms with Crippen molar-refractivity contribution in [1.82, 2.24) is 20.5 Å². The molecule has 2 rings (SSSR count). The molecule has 1 aromatic rings. The smallest absolute Gasteiger partial charge is 0.378 e. The molecule has 1 atom stereocenters. The number of nitrogens with zero attached hydrogens (tertiary/aromatic N) is 2. The highest BCUT2D eigenvalue weighted by atomic mass is 16.5. The molecule has 0 bridgehead atoms. The molecule has 0 saturated carbocycles. The van der Waals surface area contributed by atoms with E-state index in [1.165, 1.54) is 0 Å².